The van der Waals surface area contributed by atoms with Crippen molar-refractivity contribution in [2.75, 3.05) is 6.54 Å². The van der Waals surface area contributed by atoms with Crippen molar-refractivity contribution in [2.24, 2.45) is 0 Å². The fourth-order valence-corrected chi connectivity index (χ4v) is 2.61. The lowest BCUT2D eigenvalue weighted by Gasteiger charge is -2.17. The van der Waals surface area contributed by atoms with Crippen molar-refractivity contribution >= 4 is 5.52 Å². The molecule has 0 aliphatic rings. The van der Waals surface area contributed by atoms with Gasteiger partial charge >= 0.3 is 0 Å². The van der Waals surface area contributed by atoms with E-state index in [4.69, 9.17) is 0 Å². The van der Waals surface area contributed by atoms with E-state index in [-0.39, 0.29) is 0 Å². The Morgan fingerprint density at radius 1 is 1.21 bits per heavy atom. The first-order valence-electron chi connectivity index (χ1n) is 7.52. The van der Waals surface area contributed by atoms with Crippen LogP contribution >= 0.6 is 0 Å². The second-order valence-corrected chi connectivity index (χ2v) is 5.09. The molecule has 104 valence electrons. The van der Waals surface area contributed by atoms with Crippen LogP contribution in [0.2, 0.25) is 0 Å². The predicted octanol–water partition coefficient (Wildman–Crippen LogP) is 3.96. The maximum absolute atomic E-state index is 4.44. The van der Waals surface area contributed by atoms with Crippen LogP contribution in [-0.2, 0) is 0 Å². The highest BCUT2D eigenvalue weighted by molar-refractivity contribution is 5.54. The summed E-state index contributed by atoms with van der Waals surface area (Å²) < 4.78 is 1.96. The standard InChI is InChI=1S/C16H25N3/c1-3-5-6-7-10-15(17-4-2)14-13-18-19-12-9-8-11-16(14)19/h8-9,11-13,15,17H,3-7,10H2,1-2H3. The molecule has 0 aliphatic carbocycles. The number of aromatic nitrogens is 2. The molecule has 2 heterocycles. The molecular formula is C16H25N3. The zero-order valence-electron chi connectivity index (χ0n) is 12.1. The first-order chi connectivity index (χ1) is 9.36. The Kier molecular flexibility index (Phi) is 5.40. The van der Waals surface area contributed by atoms with Gasteiger partial charge in [0.25, 0.3) is 0 Å². The molecule has 0 radical (unpaired) electrons. The third kappa shape index (κ3) is 3.57. The second-order valence-electron chi connectivity index (χ2n) is 5.09. The molecule has 0 bridgehead atoms. The number of hydrogen-bond donors (Lipinski definition) is 1. The van der Waals surface area contributed by atoms with Crippen molar-refractivity contribution in [1.82, 2.24) is 14.9 Å². The van der Waals surface area contributed by atoms with E-state index >= 15 is 0 Å². The van der Waals surface area contributed by atoms with Crippen LogP contribution in [-0.4, -0.2) is 16.2 Å². The Hall–Kier alpha value is -1.35. The van der Waals surface area contributed by atoms with Crippen molar-refractivity contribution in [3.63, 3.8) is 0 Å². The molecule has 2 aromatic rings. The molecular weight excluding hydrogens is 234 g/mol. The van der Waals surface area contributed by atoms with Crippen molar-refractivity contribution in [1.29, 1.82) is 0 Å². The van der Waals surface area contributed by atoms with Gasteiger partial charge in [0.2, 0.25) is 0 Å². The average Bonchev–Trinajstić information content (AvgIpc) is 2.86. The van der Waals surface area contributed by atoms with Crippen LogP contribution in [0.1, 0.15) is 57.6 Å². The Balaban J connectivity index is 2.09. The minimum atomic E-state index is 0.432. The Bertz CT molecular complexity index is 489. The zero-order valence-corrected chi connectivity index (χ0v) is 12.1. The van der Waals surface area contributed by atoms with E-state index in [1.165, 1.54) is 43.2 Å². The molecule has 0 aromatic carbocycles. The van der Waals surface area contributed by atoms with E-state index in [1.807, 2.05) is 23.0 Å². The summed E-state index contributed by atoms with van der Waals surface area (Å²) in [4.78, 5) is 0. The maximum atomic E-state index is 4.44. The summed E-state index contributed by atoms with van der Waals surface area (Å²) in [6.45, 7) is 5.43. The van der Waals surface area contributed by atoms with Gasteiger partial charge in [0.15, 0.2) is 0 Å². The summed E-state index contributed by atoms with van der Waals surface area (Å²) >= 11 is 0. The van der Waals surface area contributed by atoms with Gasteiger partial charge < -0.3 is 5.32 Å². The summed E-state index contributed by atoms with van der Waals surface area (Å²) in [6.07, 6.45) is 10.5. The van der Waals surface area contributed by atoms with Crippen LogP contribution in [0, 0.1) is 0 Å². The first-order valence-corrected chi connectivity index (χ1v) is 7.52. The molecule has 0 saturated heterocycles. The third-order valence-corrected chi connectivity index (χ3v) is 3.63. The van der Waals surface area contributed by atoms with Crippen molar-refractivity contribution in [3.8, 4) is 0 Å². The molecule has 0 spiro atoms. The van der Waals surface area contributed by atoms with Crippen LogP contribution in [0.15, 0.2) is 30.6 Å². The molecule has 0 aliphatic heterocycles. The number of fused-ring (bicyclic) bond motifs is 1. The van der Waals surface area contributed by atoms with Gasteiger partial charge in [-0.05, 0) is 25.1 Å². The van der Waals surface area contributed by atoms with Gasteiger partial charge in [-0.1, -0.05) is 45.6 Å². The fourth-order valence-electron chi connectivity index (χ4n) is 2.61. The normalized spacial score (nSPS) is 12.9. The monoisotopic (exact) mass is 259 g/mol. The first kappa shape index (κ1) is 14.1. The lowest BCUT2D eigenvalue weighted by atomic mass is 10.0. The molecule has 1 unspecified atom stereocenters. The number of unbranched alkanes of at least 4 members (excludes halogenated alkanes) is 3. The van der Waals surface area contributed by atoms with E-state index in [1.54, 1.807) is 0 Å². The van der Waals surface area contributed by atoms with Gasteiger partial charge in [-0.2, -0.15) is 5.10 Å². The van der Waals surface area contributed by atoms with Crippen LogP contribution in [0.5, 0.6) is 0 Å². The molecule has 1 N–H and O–H groups in total. The van der Waals surface area contributed by atoms with Gasteiger partial charge in [-0.15, -0.1) is 0 Å². The summed E-state index contributed by atoms with van der Waals surface area (Å²) in [7, 11) is 0. The van der Waals surface area contributed by atoms with Crippen molar-refractivity contribution in [3.05, 3.63) is 36.2 Å². The topological polar surface area (TPSA) is 29.3 Å². The minimum absolute atomic E-state index is 0.432. The third-order valence-electron chi connectivity index (χ3n) is 3.63. The lowest BCUT2D eigenvalue weighted by Crippen LogP contribution is -2.20. The van der Waals surface area contributed by atoms with Gasteiger partial charge in [-0.25, -0.2) is 4.52 Å². The second kappa shape index (κ2) is 7.29. The van der Waals surface area contributed by atoms with Crippen LogP contribution in [0.4, 0.5) is 0 Å². The van der Waals surface area contributed by atoms with Crippen LogP contribution in [0.25, 0.3) is 5.52 Å². The molecule has 0 amide bonds. The summed E-state index contributed by atoms with van der Waals surface area (Å²) in [5.74, 6) is 0. The van der Waals surface area contributed by atoms with Crippen molar-refractivity contribution < 1.29 is 0 Å². The summed E-state index contributed by atoms with van der Waals surface area (Å²) in [5, 5.41) is 8.04. The number of nitrogens with one attached hydrogen (secondary N) is 1. The SMILES string of the molecule is CCCCCCC(NCC)c1cnn2ccccc12. The van der Waals surface area contributed by atoms with E-state index in [9.17, 15) is 0 Å². The fraction of sp³-hybridized carbons (Fsp3) is 0.562. The van der Waals surface area contributed by atoms with E-state index in [2.05, 4.69) is 36.4 Å². The Labute approximate surface area is 116 Å². The van der Waals surface area contributed by atoms with Crippen LogP contribution in [0.3, 0.4) is 0 Å². The molecule has 0 fully saturated rings. The largest absolute Gasteiger partial charge is 0.310 e. The van der Waals surface area contributed by atoms with Gasteiger partial charge in [0.05, 0.1) is 11.7 Å². The number of pyridine rings is 1. The average molecular weight is 259 g/mol. The number of nitrogens with zero attached hydrogens (tertiary/aromatic N) is 2. The van der Waals surface area contributed by atoms with E-state index in [0.717, 1.165) is 6.54 Å². The highest BCUT2D eigenvalue weighted by Crippen LogP contribution is 2.24. The highest BCUT2D eigenvalue weighted by atomic mass is 15.2. The molecule has 2 aromatic heterocycles. The smallest absolute Gasteiger partial charge is 0.0709 e. The maximum Gasteiger partial charge on any atom is 0.0709 e. The summed E-state index contributed by atoms with van der Waals surface area (Å²) in [6, 6.07) is 6.69. The Morgan fingerprint density at radius 3 is 2.89 bits per heavy atom. The quantitative estimate of drug-likeness (QED) is 0.727. The molecule has 3 heteroatoms. The van der Waals surface area contributed by atoms with Gasteiger partial charge in [0, 0.05) is 17.8 Å². The number of hydrogen-bond acceptors (Lipinski definition) is 2. The molecule has 0 saturated carbocycles. The molecule has 2 rings (SSSR count). The number of rotatable bonds is 8. The van der Waals surface area contributed by atoms with Gasteiger partial charge in [0.1, 0.15) is 0 Å². The lowest BCUT2D eigenvalue weighted by molar-refractivity contribution is 0.484. The van der Waals surface area contributed by atoms with E-state index in [0.29, 0.717) is 6.04 Å². The van der Waals surface area contributed by atoms with Crippen LogP contribution < -0.4 is 5.32 Å². The van der Waals surface area contributed by atoms with Gasteiger partial charge in [-0.3, -0.25) is 0 Å². The zero-order chi connectivity index (χ0) is 13.5. The predicted molar refractivity (Wildman–Crippen MR) is 80.4 cm³/mol. The van der Waals surface area contributed by atoms with E-state index < -0.39 is 0 Å². The molecule has 19 heavy (non-hydrogen) atoms. The van der Waals surface area contributed by atoms with Crippen molar-refractivity contribution in [2.45, 2.75) is 52.0 Å². The molecule has 1 atom stereocenters. The summed E-state index contributed by atoms with van der Waals surface area (Å²) in [5.41, 5.74) is 2.56. The Morgan fingerprint density at radius 2 is 2.11 bits per heavy atom. The highest BCUT2D eigenvalue weighted by Gasteiger charge is 2.14. The molecule has 3 nitrogen and oxygen atoms in total. The minimum Gasteiger partial charge on any atom is -0.310 e.